The minimum Gasteiger partial charge on any atom is -0.508 e. The lowest BCUT2D eigenvalue weighted by Gasteiger charge is -2.29. The van der Waals surface area contributed by atoms with Gasteiger partial charge in [0.1, 0.15) is 11.6 Å². The molecule has 1 aliphatic rings. The third-order valence-corrected chi connectivity index (χ3v) is 6.21. The first-order valence-corrected chi connectivity index (χ1v) is 11.3. The van der Waals surface area contributed by atoms with Crippen LogP contribution in [-0.4, -0.2) is 46.7 Å². The standard InChI is InChI=1S/C24H30N6O3/c1-29(2)23-20-5-3-4-6-21(20)27-24(28-23)26-18-9-7-16(8-10-18)14-25-15-17-13-19(30(32)33)11-12-22(17)31/h3-6,11-13,16,18,25,31H,7-10,14-15H2,1-2H3,(H,26,27,28)/t16-,18+. The zero-order chi connectivity index (χ0) is 23.4. The molecule has 0 amide bonds. The van der Waals surface area contributed by atoms with E-state index in [1.807, 2.05) is 43.3 Å². The van der Waals surface area contributed by atoms with Gasteiger partial charge in [-0.15, -0.1) is 0 Å². The molecule has 4 rings (SSSR count). The Balaban J connectivity index is 1.29. The van der Waals surface area contributed by atoms with Crippen molar-refractivity contribution in [1.29, 1.82) is 0 Å². The number of nitro groups is 1. The first-order chi connectivity index (χ1) is 15.9. The van der Waals surface area contributed by atoms with Crippen LogP contribution in [0.5, 0.6) is 5.75 Å². The van der Waals surface area contributed by atoms with Gasteiger partial charge < -0.3 is 20.6 Å². The number of phenolic OH excluding ortho intramolecular Hbond substituents is 1. The molecule has 9 nitrogen and oxygen atoms in total. The van der Waals surface area contributed by atoms with Gasteiger partial charge in [-0.2, -0.15) is 4.98 Å². The van der Waals surface area contributed by atoms with Crippen molar-refractivity contribution < 1.29 is 10.0 Å². The number of benzene rings is 2. The maximum Gasteiger partial charge on any atom is 0.270 e. The van der Waals surface area contributed by atoms with Crippen LogP contribution in [0.4, 0.5) is 17.5 Å². The average molecular weight is 451 g/mol. The number of nitro benzene ring substituents is 1. The molecule has 1 aliphatic carbocycles. The molecule has 1 heterocycles. The number of non-ortho nitro benzene ring substituents is 1. The quantitative estimate of drug-likeness (QED) is 0.347. The molecule has 3 aromatic rings. The summed E-state index contributed by atoms with van der Waals surface area (Å²) in [5, 5.41) is 28.8. The highest BCUT2D eigenvalue weighted by Gasteiger charge is 2.22. The van der Waals surface area contributed by atoms with Gasteiger partial charge in [-0.25, -0.2) is 4.98 Å². The Labute approximate surface area is 193 Å². The largest absolute Gasteiger partial charge is 0.508 e. The highest BCUT2D eigenvalue weighted by molar-refractivity contribution is 5.90. The Morgan fingerprint density at radius 3 is 2.61 bits per heavy atom. The number of hydrogen-bond acceptors (Lipinski definition) is 8. The number of phenols is 1. The lowest BCUT2D eigenvalue weighted by Crippen LogP contribution is -2.31. The number of hydrogen-bond donors (Lipinski definition) is 3. The summed E-state index contributed by atoms with van der Waals surface area (Å²) in [7, 11) is 3.98. The Hall–Kier alpha value is -3.46. The van der Waals surface area contributed by atoms with Gasteiger partial charge >= 0.3 is 0 Å². The molecule has 0 atom stereocenters. The fourth-order valence-electron chi connectivity index (χ4n) is 4.40. The molecule has 33 heavy (non-hydrogen) atoms. The smallest absolute Gasteiger partial charge is 0.270 e. The fraction of sp³-hybridized carbons (Fsp3) is 0.417. The van der Waals surface area contributed by atoms with Crippen molar-refractivity contribution in [3.8, 4) is 5.75 Å². The topological polar surface area (TPSA) is 116 Å². The number of nitrogens with one attached hydrogen (secondary N) is 2. The number of aromatic nitrogens is 2. The summed E-state index contributed by atoms with van der Waals surface area (Å²) >= 11 is 0. The molecule has 1 fully saturated rings. The van der Waals surface area contributed by atoms with Gasteiger partial charge in [0.05, 0.1) is 10.4 Å². The van der Waals surface area contributed by atoms with E-state index in [1.54, 1.807) is 0 Å². The van der Waals surface area contributed by atoms with Crippen molar-refractivity contribution in [2.75, 3.05) is 30.9 Å². The van der Waals surface area contributed by atoms with Crippen molar-refractivity contribution in [3.05, 3.63) is 58.1 Å². The van der Waals surface area contributed by atoms with Gasteiger partial charge in [0, 0.05) is 49.8 Å². The van der Waals surface area contributed by atoms with E-state index in [1.165, 1.54) is 18.2 Å². The van der Waals surface area contributed by atoms with Crippen molar-refractivity contribution in [2.45, 2.75) is 38.3 Å². The maximum atomic E-state index is 10.9. The van der Waals surface area contributed by atoms with Crippen LogP contribution in [0.25, 0.3) is 10.9 Å². The van der Waals surface area contributed by atoms with Crippen molar-refractivity contribution in [3.63, 3.8) is 0 Å². The second-order valence-electron chi connectivity index (χ2n) is 8.85. The number of rotatable bonds is 8. The first kappa shape index (κ1) is 22.7. The van der Waals surface area contributed by atoms with Gasteiger partial charge in [0.25, 0.3) is 5.69 Å². The second-order valence-corrected chi connectivity index (χ2v) is 8.85. The molecule has 0 aliphatic heterocycles. The minimum atomic E-state index is -0.446. The van der Waals surface area contributed by atoms with Crippen LogP contribution in [0.3, 0.4) is 0 Å². The highest BCUT2D eigenvalue weighted by Crippen LogP contribution is 2.28. The van der Waals surface area contributed by atoms with E-state index in [9.17, 15) is 15.2 Å². The Kier molecular flexibility index (Phi) is 6.88. The van der Waals surface area contributed by atoms with Crippen LogP contribution >= 0.6 is 0 Å². The summed E-state index contributed by atoms with van der Waals surface area (Å²) < 4.78 is 0. The zero-order valence-electron chi connectivity index (χ0n) is 19.0. The van der Waals surface area contributed by atoms with Gasteiger partial charge in [0.15, 0.2) is 0 Å². The van der Waals surface area contributed by atoms with Crippen LogP contribution in [0.15, 0.2) is 42.5 Å². The lowest BCUT2D eigenvalue weighted by molar-refractivity contribution is -0.384. The summed E-state index contributed by atoms with van der Waals surface area (Å²) in [5.41, 5.74) is 1.47. The SMILES string of the molecule is CN(C)c1nc(N[C@H]2CC[C@@H](CNCc3cc([N+](=O)[O-])ccc3O)CC2)nc2ccccc12. The molecule has 1 aromatic heterocycles. The Morgan fingerprint density at radius 2 is 1.88 bits per heavy atom. The third-order valence-electron chi connectivity index (χ3n) is 6.21. The second kappa shape index (κ2) is 9.99. The van der Waals surface area contributed by atoms with Gasteiger partial charge in [-0.1, -0.05) is 12.1 Å². The van der Waals surface area contributed by atoms with Crippen molar-refractivity contribution in [2.24, 2.45) is 5.92 Å². The number of fused-ring (bicyclic) bond motifs is 1. The monoisotopic (exact) mass is 450 g/mol. The van der Waals surface area contributed by atoms with Crippen molar-refractivity contribution in [1.82, 2.24) is 15.3 Å². The van der Waals surface area contributed by atoms with Crippen molar-refractivity contribution >= 4 is 28.4 Å². The molecule has 9 heteroatoms. The molecule has 174 valence electrons. The first-order valence-electron chi connectivity index (χ1n) is 11.3. The van der Waals surface area contributed by atoms with E-state index < -0.39 is 4.92 Å². The summed E-state index contributed by atoms with van der Waals surface area (Å²) in [4.78, 5) is 22.0. The van der Waals surface area contributed by atoms with E-state index in [-0.39, 0.29) is 11.4 Å². The van der Waals surface area contributed by atoms with Gasteiger partial charge in [-0.05, 0) is 56.3 Å². The van der Waals surface area contributed by atoms with E-state index in [4.69, 9.17) is 9.97 Å². The van der Waals surface area contributed by atoms with Crippen LogP contribution in [0.1, 0.15) is 31.2 Å². The zero-order valence-corrected chi connectivity index (χ0v) is 19.0. The molecular formula is C24H30N6O3. The molecule has 2 aromatic carbocycles. The van der Waals surface area contributed by atoms with E-state index in [0.29, 0.717) is 30.0 Å². The molecule has 0 spiro atoms. The summed E-state index contributed by atoms with van der Waals surface area (Å²) in [6.07, 6.45) is 4.20. The lowest BCUT2D eigenvalue weighted by atomic mass is 9.86. The normalized spacial score (nSPS) is 18.2. The molecular weight excluding hydrogens is 420 g/mol. The Bertz CT molecular complexity index is 1130. The molecule has 0 unspecified atom stereocenters. The van der Waals surface area contributed by atoms with E-state index >= 15 is 0 Å². The van der Waals surface area contributed by atoms with E-state index in [2.05, 4.69) is 10.6 Å². The number of aromatic hydroxyl groups is 1. The molecule has 3 N–H and O–H groups in total. The van der Waals surface area contributed by atoms with Gasteiger partial charge in [-0.3, -0.25) is 10.1 Å². The molecule has 0 bridgehead atoms. The summed E-state index contributed by atoms with van der Waals surface area (Å²) in [6.45, 7) is 1.22. The average Bonchev–Trinajstić information content (AvgIpc) is 2.80. The van der Waals surface area contributed by atoms with Crippen LogP contribution < -0.4 is 15.5 Å². The third kappa shape index (κ3) is 5.48. The predicted molar refractivity (Wildman–Crippen MR) is 130 cm³/mol. The summed E-state index contributed by atoms with van der Waals surface area (Å²) in [6, 6.07) is 12.5. The van der Waals surface area contributed by atoms with E-state index in [0.717, 1.165) is 48.9 Å². The number of anilines is 2. The molecule has 0 saturated heterocycles. The highest BCUT2D eigenvalue weighted by atomic mass is 16.6. The number of para-hydroxylation sites is 1. The van der Waals surface area contributed by atoms with Crippen LogP contribution in [0.2, 0.25) is 0 Å². The Morgan fingerprint density at radius 1 is 1.12 bits per heavy atom. The molecule has 0 radical (unpaired) electrons. The van der Waals surface area contributed by atoms with Crippen LogP contribution in [0, 0.1) is 16.0 Å². The maximum absolute atomic E-state index is 10.9. The predicted octanol–water partition coefficient (Wildman–Crippen LogP) is 4.07. The van der Waals surface area contributed by atoms with Crippen LogP contribution in [-0.2, 0) is 6.54 Å². The summed E-state index contributed by atoms with van der Waals surface area (Å²) in [5.74, 6) is 2.18. The fourth-order valence-corrected chi connectivity index (χ4v) is 4.40. The minimum absolute atomic E-state index is 0.00971. The molecule has 1 saturated carbocycles. The number of nitrogens with zero attached hydrogens (tertiary/aromatic N) is 4. The van der Waals surface area contributed by atoms with Gasteiger partial charge in [0.2, 0.25) is 5.95 Å².